The molecule has 2 N–H and O–H groups in total. The number of carbonyl (C=O) groups excluding carboxylic acids is 1. The summed E-state index contributed by atoms with van der Waals surface area (Å²) in [6.07, 6.45) is 0. The van der Waals surface area contributed by atoms with Crippen LogP contribution in [0.3, 0.4) is 0 Å². The Labute approximate surface area is 139 Å². The van der Waals surface area contributed by atoms with Crippen molar-refractivity contribution < 1.29 is 9.53 Å². The van der Waals surface area contributed by atoms with Crippen molar-refractivity contribution in [1.29, 1.82) is 5.26 Å². The van der Waals surface area contributed by atoms with E-state index >= 15 is 0 Å². The van der Waals surface area contributed by atoms with E-state index < -0.39 is 0 Å². The van der Waals surface area contributed by atoms with Crippen LogP contribution in [-0.4, -0.2) is 19.6 Å². The van der Waals surface area contributed by atoms with Gasteiger partial charge in [-0.15, -0.1) is 0 Å². The first kappa shape index (κ1) is 16.7. The summed E-state index contributed by atoms with van der Waals surface area (Å²) in [6, 6.07) is 12.5. The molecule has 0 aliphatic carbocycles. The van der Waals surface area contributed by atoms with Gasteiger partial charge in [-0.3, -0.25) is 4.79 Å². The highest BCUT2D eigenvalue weighted by Crippen LogP contribution is 2.25. The maximum Gasteiger partial charge on any atom is 0.243 e. The lowest BCUT2D eigenvalue weighted by Crippen LogP contribution is -2.22. The number of benzene rings is 2. The maximum absolute atomic E-state index is 12.1. The zero-order valence-electron chi connectivity index (χ0n) is 12.8. The number of methoxy groups -OCH3 is 1. The lowest BCUT2D eigenvalue weighted by atomic mass is 10.2. The van der Waals surface area contributed by atoms with E-state index in [4.69, 9.17) is 21.6 Å². The normalized spacial score (nSPS) is 9.83. The van der Waals surface area contributed by atoms with Crippen molar-refractivity contribution >= 4 is 28.9 Å². The predicted molar refractivity (Wildman–Crippen MR) is 91.0 cm³/mol. The van der Waals surface area contributed by atoms with Crippen LogP contribution in [0.25, 0.3) is 0 Å². The summed E-state index contributed by atoms with van der Waals surface area (Å²) < 4.78 is 5.22. The van der Waals surface area contributed by atoms with Crippen LogP contribution in [0.2, 0.25) is 5.02 Å². The molecular formula is C17H16ClN3O2. The van der Waals surface area contributed by atoms with Crippen LogP contribution < -0.4 is 15.4 Å². The highest BCUT2D eigenvalue weighted by molar-refractivity contribution is 6.31. The number of hydrogen-bond acceptors (Lipinski definition) is 4. The highest BCUT2D eigenvalue weighted by Gasteiger charge is 2.08. The molecule has 0 fully saturated rings. The molecule has 6 heteroatoms. The smallest absolute Gasteiger partial charge is 0.243 e. The number of rotatable bonds is 5. The van der Waals surface area contributed by atoms with Crippen molar-refractivity contribution in [3.05, 3.63) is 52.5 Å². The Kier molecular flexibility index (Phi) is 5.45. The molecule has 0 aromatic heterocycles. The number of hydrogen-bond donors (Lipinski definition) is 2. The fourth-order valence-electron chi connectivity index (χ4n) is 2.02. The molecule has 0 radical (unpaired) electrons. The lowest BCUT2D eigenvalue weighted by molar-refractivity contribution is -0.114. The molecule has 2 aromatic carbocycles. The predicted octanol–water partition coefficient (Wildman–Crippen LogP) is 3.58. The monoisotopic (exact) mass is 329 g/mol. The average Bonchev–Trinajstić information content (AvgIpc) is 2.54. The molecule has 0 aliphatic heterocycles. The molecule has 0 heterocycles. The highest BCUT2D eigenvalue weighted by atomic mass is 35.5. The summed E-state index contributed by atoms with van der Waals surface area (Å²) in [4.78, 5) is 12.1. The summed E-state index contributed by atoms with van der Waals surface area (Å²) in [6.45, 7) is 1.99. The molecule has 0 saturated heterocycles. The van der Waals surface area contributed by atoms with Gasteiger partial charge in [0.2, 0.25) is 5.91 Å². The first-order valence-electron chi connectivity index (χ1n) is 6.91. The maximum atomic E-state index is 12.1. The van der Waals surface area contributed by atoms with E-state index in [-0.39, 0.29) is 12.5 Å². The zero-order chi connectivity index (χ0) is 16.8. The first-order chi connectivity index (χ1) is 11.0. The van der Waals surface area contributed by atoms with Crippen LogP contribution in [-0.2, 0) is 4.79 Å². The van der Waals surface area contributed by atoms with Gasteiger partial charge in [0.15, 0.2) is 0 Å². The Bertz CT molecular complexity index is 769. The van der Waals surface area contributed by atoms with Crippen molar-refractivity contribution in [3.8, 4) is 11.8 Å². The van der Waals surface area contributed by atoms with Crippen molar-refractivity contribution in [2.24, 2.45) is 0 Å². The van der Waals surface area contributed by atoms with Crippen molar-refractivity contribution in [1.82, 2.24) is 0 Å². The third-order valence-electron chi connectivity index (χ3n) is 3.17. The molecule has 0 spiro atoms. The van der Waals surface area contributed by atoms with Crippen LogP contribution in [0.1, 0.15) is 11.1 Å². The summed E-state index contributed by atoms with van der Waals surface area (Å²) in [5.74, 6) is 0.379. The number of anilines is 2. The number of nitrogens with zero attached hydrogens (tertiary/aromatic N) is 1. The van der Waals surface area contributed by atoms with Crippen molar-refractivity contribution in [2.45, 2.75) is 6.92 Å². The molecule has 5 nitrogen and oxygen atoms in total. The minimum atomic E-state index is -0.220. The summed E-state index contributed by atoms with van der Waals surface area (Å²) in [5.41, 5.74) is 2.65. The fraction of sp³-hybridized carbons (Fsp3) is 0.176. The molecule has 2 aromatic rings. The Morgan fingerprint density at radius 2 is 2.09 bits per heavy atom. The SMILES string of the molecule is COc1ccc(C)cc1NC(=O)CNc1ccc(Cl)c(C#N)c1. The molecule has 0 bridgehead atoms. The molecule has 0 atom stereocenters. The Hall–Kier alpha value is -2.71. The fourth-order valence-corrected chi connectivity index (χ4v) is 2.18. The molecular weight excluding hydrogens is 314 g/mol. The van der Waals surface area contributed by atoms with Gasteiger partial charge < -0.3 is 15.4 Å². The van der Waals surface area contributed by atoms with E-state index in [9.17, 15) is 4.79 Å². The minimum absolute atomic E-state index is 0.0591. The number of halogens is 1. The van der Waals surface area contributed by atoms with Crippen LogP contribution in [0, 0.1) is 18.3 Å². The van der Waals surface area contributed by atoms with Crippen molar-refractivity contribution in [3.63, 3.8) is 0 Å². The summed E-state index contributed by atoms with van der Waals surface area (Å²) in [5, 5.41) is 15.1. The number of nitriles is 1. The second kappa shape index (κ2) is 7.52. The van der Waals surface area contributed by atoms with E-state index in [1.165, 1.54) is 0 Å². The molecule has 118 valence electrons. The first-order valence-corrected chi connectivity index (χ1v) is 7.29. The Morgan fingerprint density at radius 3 is 2.78 bits per heavy atom. The standard InChI is InChI=1S/C17H16ClN3O2/c1-11-3-6-16(23-2)15(7-11)21-17(22)10-20-13-4-5-14(18)12(8-13)9-19/h3-8,20H,10H2,1-2H3,(H,21,22). The number of aryl methyl sites for hydroxylation is 1. The second-order valence-corrected chi connectivity index (χ2v) is 5.32. The van der Waals surface area contributed by atoms with E-state index in [0.29, 0.717) is 27.7 Å². The van der Waals surface area contributed by atoms with Gasteiger partial charge in [-0.2, -0.15) is 5.26 Å². The van der Waals surface area contributed by atoms with Gasteiger partial charge in [0, 0.05) is 5.69 Å². The van der Waals surface area contributed by atoms with Crippen molar-refractivity contribution in [2.75, 3.05) is 24.3 Å². The summed E-state index contributed by atoms with van der Waals surface area (Å²) >= 11 is 5.87. The quantitative estimate of drug-likeness (QED) is 0.879. The van der Waals surface area contributed by atoms with Gasteiger partial charge in [-0.25, -0.2) is 0 Å². The van der Waals surface area contributed by atoms with Crippen LogP contribution >= 0.6 is 11.6 Å². The second-order valence-electron chi connectivity index (χ2n) is 4.91. The molecule has 0 saturated carbocycles. The Morgan fingerprint density at radius 1 is 1.30 bits per heavy atom. The average molecular weight is 330 g/mol. The lowest BCUT2D eigenvalue weighted by Gasteiger charge is -2.12. The number of nitrogens with one attached hydrogen (secondary N) is 2. The molecule has 23 heavy (non-hydrogen) atoms. The van der Waals surface area contributed by atoms with Gasteiger partial charge >= 0.3 is 0 Å². The van der Waals surface area contributed by atoms with Crippen LogP contribution in [0.5, 0.6) is 5.75 Å². The number of ether oxygens (including phenoxy) is 1. The van der Waals surface area contributed by atoms with Crippen LogP contribution in [0.15, 0.2) is 36.4 Å². The minimum Gasteiger partial charge on any atom is -0.495 e. The summed E-state index contributed by atoms with van der Waals surface area (Å²) in [7, 11) is 1.55. The molecule has 1 amide bonds. The van der Waals surface area contributed by atoms with Gasteiger partial charge in [0.25, 0.3) is 0 Å². The topological polar surface area (TPSA) is 74.2 Å². The van der Waals surface area contributed by atoms with Gasteiger partial charge in [-0.1, -0.05) is 17.7 Å². The third kappa shape index (κ3) is 4.38. The van der Waals surface area contributed by atoms with E-state index in [0.717, 1.165) is 5.56 Å². The molecule has 0 unspecified atom stereocenters. The zero-order valence-corrected chi connectivity index (χ0v) is 13.6. The van der Waals surface area contributed by atoms with E-state index in [1.54, 1.807) is 31.4 Å². The molecule has 2 rings (SSSR count). The Balaban J connectivity index is 2.01. The van der Waals surface area contributed by atoms with E-state index in [2.05, 4.69) is 10.6 Å². The van der Waals surface area contributed by atoms with Crippen LogP contribution in [0.4, 0.5) is 11.4 Å². The largest absolute Gasteiger partial charge is 0.495 e. The van der Waals surface area contributed by atoms with Gasteiger partial charge in [0.05, 0.1) is 29.9 Å². The number of amides is 1. The molecule has 0 aliphatic rings. The third-order valence-corrected chi connectivity index (χ3v) is 3.50. The number of carbonyl (C=O) groups is 1. The van der Waals surface area contributed by atoms with Gasteiger partial charge in [0.1, 0.15) is 11.8 Å². The van der Waals surface area contributed by atoms with E-state index in [1.807, 2.05) is 25.1 Å². The van der Waals surface area contributed by atoms with Gasteiger partial charge in [-0.05, 0) is 42.8 Å².